The number of hydrogen-bond acceptors (Lipinski definition) is 5. The summed E-state index contributed by atoms with van der Waals surface area (Å²) < 4.78 is 42.7. The second kappa shape index (κ2) is 7.22. The molecule has 1 saturated heterocycles. The number of aromatic nitrogens is 2. The number of carbonyl (C=O) groups is 2. The number of anilines is 1. The zero-order chi connectivity index (χ0) is 19.6. The third kappa shape index (κ3) is 3.99. The number of hydrogen-bond donors (Lipinski definition) is 0. The third-order valence-corrected chi connectivity index (χ3v) is 4.05. The Kier molecular flexibility index (Phi) is 4.98. The van der Waals surface area contributed by atoms with Crippen molar-refractivity contribution >= 4 is 17.5 Å². The van der Waals surface area contributed by atoms with Gasteiger partial charge in [-0.15, -0.1) is 0 Å². The molecule has 0 aliphatic carbocycles. The maximum atomic E-state index is 12.6. The van der Waals surface area contributed by atoms with Crippen LogP contribution in [0.1, 0.15) is 16.1 Å². The summed E-state index contributed by atoms with van der Waals surface area (Å²) in [6.07, 6.45) is -2.20. The topological polar surface area (TPSA) is 75.6 Å². The zero-order valence-corrected chi connectivity index (χ0v) is 14.2. The van der Waals surface area contributed by atoms with Gasteiger partial charge in [0, 0.05) is 31.5 Å². The minimum absolute atomic E-state index is 0.00479. The molecule has 0 atom stereocenters. The normalized spacial score (nSPS) is 15.0. The van der Waals surface area contributed by atoms with E-state index in [1.54, 1.807) is 12.1 Å². The van der Waals surface area contributed by atoms with Crippen molar-refractivity contribution in [2.75, 3.05) is 31.6 Å². The number of methoxy groups -OCH3 is 1. The third-order valence-electron chi connectivity index (χ3n) is 4.05. The number of piperazine rings is 1. The van der Waals surface area contributed by atoms with E-state index >= 15 is 0 Å². The second-order valence-electron chi connectivity index (χ2n) is 5.76. The number of carbonyl (C=O) groups excluding carboxylic acids is 2. The Hall–Kier alpha value is -3.17. The van der Waals surface area contributed by atoms with Crippen LogP contribution in [0.2, 0.25) is 0 Å². The molecule has 2 aromatic heterocycles. The van der Waals surface area contributed by atoms with Crippen molar-refractivity contribution < 1.29 is 27.5 Å². The number of ether oxygens (including phenoxy) is 1. The largest absolute Gasteiger partial charge is 0.481 e. The lowest BCUT2D eigenvalue weighted by Gasteiger charge is -2.34. The summed E-state index contributed by atoms with van der Waals surface area (Å²) in [4.78, 5) is 34.9. The van der Waals surface area contributed by atoms with Crippen molar-refractivity contribution in [2.24, 2.45) is 0 Å². The molecule has 2 amide bonds. The first kappa shape index (κ1) is 18.6. The van der Waals surface area contributed by atoms with E-state index in [4.69, 9.17) is 4.74 Å². The minimum Gasteiger partial charge on any atom is -0.481 e. The molecule has 1 aliphatic rings. The lowest BCUT2D eigenvalue weighted by atomic mass is 10.2. The van der Waals surface area contributed by atoms with Gasteiger partial charge in [0.15, 0.2) is 0 Å². The highest BCUT2D eigenvalue weighted by atomic mass is 19.4. The van der Waals surface area contributed by atoms with E-state index in [1.807, 2.05) is 0 Å². The minimum atomic E-state index is -4.57. The van der Waals surface area contributed by atoms with Crippen molar-refractivity contribution in [3.63, 3.8) is 0 Å². The molecule has 10 heteroatoms. The Morgan fingerprint density at radius 3 is 2.56 bits per heavy atom. The molecule has 0 N–H and O–H groups in total. The van der Waals surface area contributed by atoms with Crippen LogP contribution < -0.4 is 9.64 Å². The average molecular weight is 380 g/mol. The van der Waals surface area contributed by atoms with Crippen molar-refractivity contribution in [2.45, 2.75) is 6.18 Å². The van der Waals surface area contributed by atoms with Gasteiger partial charge < -0.3 is 14.5 Å². The van der Waals surface area contributed by atoms with E-state index in [2.05, 4.69) is 9.97 Å². The van der Waals surface area contributed by atoms with Crippen LogP contribution in [0.3, 0.4) is 0 Å². The van der Waals surface area contributed by atoms with Gasteiger partial charge in [-0.05, 0) is 18.2 Å². The van der Waals surface area contributed by atoms with E-state index < -0.39 is 17.8 Å². The highest BCUT2D eigenvalue weighted by molar-refractivity contribution is 6.01. The smallest absolute Gasteiger partial charge is 0.433 e. The maximum Gasteiger partial charge on any atom is 0.433 e. The molecule has 0 saturated carbocycles. The van der Waals surface area contributed by atoms with Crippen molar-refractivity contribution in [3.05, 3.63) is 47.9 Å². The first-order chi connectivity index (χ1) is 12.8. The Bertz CT molecular complexity index is 855. The van der Waals surface area contributed by atoms with Gasteiger partial charge in [-0.2, -0.15) is 13.2 Å². The fourth-order valence-corrected chi connectivity index (χ4v) is 2.67. The SMILES string of the molecule is COc1cc(N2CCN(C(=O)c3ccc(C(F)(F)F)nc3)CC2=O)ccn1. The fraction of sp³-hybridized carbons (Fsp3) is 0.294. The number of nitrogens with zero attached hydrogens (tertiary/aromatic N) is 4. The predicted molar refractivity (Wildman–Crippen MR) is 88.3 cm³/mol. The fourth-order valence-electron chi connectivity index (χ4n) is 2.67. The zero-order valence-electron chi connectivity index (χ0n) is 14.2. The first-order valence-corrected chi connectivity index (χ1v) is 7.92. The number of amides is 2. The van der Waals surface area contributed by atoms with E-state index in [0.29, 0.717) is 11.6 Å². The van der Waals surface area contributed by atoms with Crippen LogP contribution >= 0.6 is 0 Å². The molecule has 0 spiro atoms. The van der Waals surface area contributed by atoms with Gasteiger partial charge in [-0.1, -0.05) is 0 Å². The Morgan fingerprint density at radius 1 is 1.19 bits per heavy atom. The van der Waals surface area contributed by atoms with Crippen LogP contribution in [0.4, 0.5) is 18.9 Å². The van der Waals surface area contributed by atoms with Crippen LogP contribution in [-0.4, -0.2) is 53.4 Å². The van der Waals surface area contributed by atoms with Crippen LogP contribution in [0, 0.1) is 0 Å². The van der Waals surface area contributed by atoms with Gasteiger partial charge in [0.25, 0.3) is 5.91 Å². The standard InChI is InChI=1S/C17H15F3N4O3/c1-27-14-8-12(4-5-21-14)24-7-6-23(10-15(24)25)16(26)11-2-3-13(22-9-11)17(18,19)20/h2-5,8-9H,6-7,10H2,1H3. The van der Waals surface area contributed by atoms with E-state index in [0.717, 1.165) is 18.3 Å². The quantitative estimate of drug-likeness (QED) is 0.814. The van der Waals surface area contributed by atoms with Crippen LogP contribution in [0.25, 0.3) is 0 Å². The monoisotopic (exact) mass is 380 g/mol. The molecule has 0 aromatic carbocycles. The summed E-state index contributed by atoms with van der Waals surface area (Å²) in [5.41, 5.74) is -0.489. The molecule has 3 heterocycles. The molecule has 0 bridgehead atoms. The first-order valence-electron chi connectivity index (χ1n) is 7.92. The molecule has 1 aliphatic heterocycles. The predicted octanol–water partition coefficient (Wildman–Crippen LogP) is 1.99. The number of halogens is 3. The van der Waals surface area contributed by atoms with Gasteiger partial charge >= 0.3 is 6.18 Å². The van der Waals surface area contributed by atoms with Crippen LogP contribution in [0.5, 0.6) is 5.88 Å². The molecule has 27 heavy (non-hydrogen) atoms. The summed E-state index contributed by atoms with van der Waals surface area (Å²) in [6.45, 7) is 0.284. The second-order valence-corrected chi connectivity index (χ2v) is 5.76. The Morgan fingerprint density at radius 2 is 1.96 bits per heavy atom. The summed E-state index contributed by atoms with van der Waals surface area (Å²) in [5.74, 6) is -0.506. The Balaban J connectivity index is 1.70. The van der Waals surface area contributed by atoms with Crippen LogP contribution in [0.15, 0.2) is 36.7 Å². The molecule has 0 radical (unpaired) electrons. The molecular formula is C17H15F3N4O3. The summed E-state index contributed by atoms with van der Waals surface area (Å²) >= 11 is 0. The van der Waals surface area contributed by atoms with E-state index in [9.17, 15) is 22.8 Å². The van der Waals surface area contributed by atoms with E-state index in [-0.39, 0.29) is 31.1 Å². The summed E-state index contributed by atoms with van der Waals surface area (Å²) in [7, 11) is 1.46. The number of rotatable bonds is 3. The molecule has 142 valence electrons. The van der Waals surface area contributed by atoms with Crippen molar-refractivity contribution in [3.8, 4) is 5.88 Å². The number of alkyl halides is 3. The van der Waals surface area contributed by atoms with Crippen molar-refractivity contribution in [1.29, 1.82) is 0 Å². The summed E-state index contributed by atoms with van der Waals surface area (Å²) in [6, 6.07) is 5.06. The average Bonchev–Trinajstić information content (AvgIpc) is 2.66. The van der Waals surface area contributed by atoms with Gasteiger partial charge in [-0.3, -0.25) is 14.6 Å². The lowest BCUT2D eigenvalue weighted by molar-refractivity contribution is -0.141. The van der Waals surface area contributed by atoms with Gasteiger partial charge in [0.05, 0.1) is 18.4 Å². The molecular weight excluding hydrogens is 365 g/mol. The van der Waals surface area contributed by atoms with Crippen LogP contribution in [-0.2, 0) is 11.0 Å². The molecule has 7 nitrogen and oxygen atoms in total. The molecule has 0 unspecified atom stereocenters. The van der Waals surface area contributed by atoms with Gasteiger partial charge in [0.2, 0.25) is 11.8 Å². The maximum absolute atomic E-state index is 12.6. The van der Waals surface area contributed by atoms with Gasteiger partial charge in [-0.25, -0.2) is 4.98 Å². The number of pyridine rings is 2. The van der Waals surface area contributed by atoms with E-state index in [1.165, 1.54) is 23.1 Å². The van der Waals surface area contributed by atoms with Gasteiger partial charge in [0.1, 0.15) is 12.2 Å². The highest BCUT2D eigenvalue weighted by Gasteiger charge is 2.33. The van der Waals surface area contributed by atoms with Crippen molar-refractivity contribution in [1.82, 2.24) is 14.9 Å². The Labute approximate surface area is 152 Å². The summed E-state index contributed by atoms with van der Waals surface area (Å²) in [5, 5.41) is 0. The highest BCUT2D eigenvalue weighted by Crippen LogP contribution is 2.27. The molecule has 2 aromatic rings. The lowest BCUT2D eigenvalue weighted by Crippen LogP contribution is -2.52. The molecule has 3 rings (SSSR count). The molecule has 1 fully saturated rings.